The van der Waals surface area contributed by atoms with Crippen LogP contribution in [0.25, 0.3) is 0 Å². The highest BCUT2D eigenvalue weighted by Crippen LogP contribution is 2.43. The molecule has 4 fully saturated rings. The second-order valence-electron chi connectivity index (χ2n) is 38.8. The minimum Gasteiger partial charge on any atom is -0.469 e. The van der Waals surface area contributed by atoms with Gasteiger partial charge in [0.15, 0.2) is 0 Å². The van der Waals surface area contributed by atoms with E-state index in [-0.39, 0.29) is 94.8 Å². The predicted molar refractivity (Wildman–Crippen MR) is 514 cm³/mol. The molecule has 2 heterocycles. The van der Waals surface area contributed by atoms with Crippen LogP contribution in [-0.4, -0.2) is 144 Å². The van der Waals surface area contributed by atoms with Gasteiger partial charge in [-0.2, -0.15) is 0 Å². The molecule has 0 aromatic carbocycles. The molecule has 0 aromatic heterocycles. The van der Waals surface area contributed by atoms with Crippen LogP contribution in [0.4, 0.5) is 0 Å². The summed E-state index contributed by atoms with van der Waals surface area (Å²) in [5, 5.41) is 0. The molecule has 4 aliphatic rings. The summed E-state index contributed by atoms with van der Waals surface area (Å²) in [7, 11) is 13.2. The van der Waals surface area contributed by atoms with Gasteiger partial charge in [0.2, 0.25) is 0 Å². The lowest BCUT2D eigenvalue weighted by Crippen LogP contribution is -2.28. The van der Waals surface area contributed by atoms with Crippen LogP contribution in [0.3, 0.4) is 0 Å². The lowest BCUT2D eigenvalue weighted by molar-refractivity contribution is -0.143. The van der Waals surface area contributed by atoms with Gasteiger partial charge in [-0.05, 0) is 182 Å². The third kappa shape index (κ3) is 52.1. The molecule has 2 aliphatic heterocycles. The maximum absolute atomic E-state index is 11.5. The summed E-state index contributed by atoms with van der Waals surface area (Å²) in [4.78, 5) is 91.0. The van der Waals surface area contributed by atoms with Gasteiger partial charge in [-0.3, -0.25) is 38.4 Å². The summed E-state index contributed by atoms with van der Waals surface area (Å²) >= 11 is 0. The normalized spacial score (nSPS) is 17.1. The minimum atomic E-state index is -0.217. The Morgan fingerprint density at radius 1 is 0.296 bits per heavy atom. The fourth-order valence-electron chi connectivity index (χ4n) is 16.3. The molecule has 2 aliphatic carbocycles. The van der Waals surface area contributed by atoms with E-state index < -0.39 is 0 Å². The summed E-state index contributed by atoms with van der Waals surface area (Å²) in [6, 6.07) is 0. The van der Waals surface area contributed by atoms with Crippen LogP contribution in [0.5, 0.6) is 0 Å². The summed E-state index contributed by atoms with van der Waals surface area (Å²) in [5.41, 5.74) is 9.28. The SMILES string of the molecule is C=C(C(C)C)C(CC(=O)OC)C(C)(C)C.C=C(C(C)C)C(CC(=O)OC)C(C)C.C=C(C(C)C)C(CC(=O)OC)C(C)CC.C=C(C(C)C)C(CC(=O)OC)C(C)OC.C=C(C(C)C)C(CC(=O)OC)C1CCCC1.C=C(C(C)C)C(CC(=O)OC)C1CCCCC1.C=C(C(C)C)C(CC(=O)OC)C1CCOC1.C=C(C(C)C)C(CC(=O)OC)C1CCOCC1. The Balaban J connectivity index is -0.000000670. The summed E-state index contributed by atoms with van der Waals surface area (Å²) in [6.45, 7) is 86.9. The van der Waals surface area contributed by atoms with Gasteiger partial charge in [0.25, 0.3) is 0 Å². The van der Waals surface area contributed by atoms with Crippen LogP contribution < -0.4 is 0 Å². The van der Waals surface area contributed by atoms with E-state index in [1.54, 1.807) is 7.11 Å². The molecule has 11 atom stereocenters. The number of hydrogen-bond acceptors (Lipinski definition) is 19. The third-order valence-corrected chi connectivity index (χ3v) is 26.3. The second kappa shape index (κ2) is 68.6. The molecule has 0 N–H and O–H groups in total. The van der Waals surface area contributed by atoms with Gasteiger partial charge in [0.05, 0.1) is 121 Å². The molecule has 0 spiro atoms. The minimum absolute atomic E-state index is 0.0148. The Labute approximate surface area is 764 Å². The largest absolute Gasteiger partial charge is 0.469 e. The highest BCUT2D eigenvalue weighted by Gasteiger charge is 2.36. The first kappa shape index (κ1) is 125. The van der Waals surface area contributed by atoms with Crippen molar-refractivity contribution < 1.29 is 90.5 Å². The number of hydrogen-bond donors (Lipinski definition) is 0. The zero-order valence-electron chi connectivity index (χ0n) is 85.9. The number of carbonyl (C=O) groups is 8. The second-order valence-corrected chi connectivity index (χ2v) is 38.8. The zero-order valence-corrected chi connectivity index (χ0v) is 85.9. The molecule has 0 radical (unpaired) electrons. The van der Waals surface area contributed by atoms with Crippen molar-refractivity contribution in [3.8, 4) is 0 Å². The van der Waals surface area contributed by atoms with Crippen LogP contribution in [0, 0.1) is 136 Å². The van der Waals surface area contributed by atoms with Crippen molar-refractivity contribution in [2.75, 3.05) is 90.4 Å². The molecular formula is C106H188O19. The van der Waals surface area contributed by atoms with E-state index in [4.69, 9.17) is 42.6 Å². The van der Waals surface area contributed by atoms with E-state index in [1.165, 1.54) is 131 Å². The van der Waals surface area contributed by atoms with Crippen LogP contribution in [0.2, 0.25) is 0 Å². The summed E-state index contributed by atoms with van der Waals surface area (Å²) in [5.74, 6) is 7.11. The number of allylic oxidation sites excluding steroid dienone is 7. The molecule has 125 heavy (non-hydrogen) atoms. The Bertz CT molecular complexity index is 2990. The number of rotatable bonds is 41. The molecular weight excluding hydrogens is 1580 g/mol. The Hall–Kier alpha value is -6.44. The van der Waals surface area contributed by atoms with Gasteiger partial charge in [-0.25, -0.2) is 0 Å². The van der Waals surface area contributed by atoms with Gasteiger partial charge in [-0.15, -0.1) is 0 Å². The molecule has 19 nitrogen and oxygen atoms in total. The third-order valence-electron chi connectivity index (χ3n) is 26.3. The highest BCUT2D eigenvalue weighted by molar-refractivity contribution is 5.73. The van der Waals surface area contributed by atoms with E-state index in [0.29, 0.717) is 146 Å². The van der Waals surface area contributed by atoms with Crippen molar-refractivity contribution in [2.45, 2.75) is 307 Å². The lowest BCUT2D eigenvalue weighted by atomic mass is 9.72. The Morgan fingerprint density at radius 3 is 0.800 bits per heavy atom. The molecule has 0 amide bonds. The molecule has 0 bridgehead atoms. The number of esters is 8. The maximum atomic E-state index is 11.5. The fourth-order valence-corrected chi connectivity index (χ4v) is 16.3. The Kier molecular flexibility index (Phi) is 68.5. The monoisotopic (exact) mass is 1770 g/mol. The van der Waals surface area contributed by atoms with Crippen molar-refractivity contribution in [3.63, 3.8) is 0 Å². The molecule has 726 valence electrons. The first-order valence-electron chi connectivity index (χ1n) is 46.9. The van der Waals surface area contributed by atoms with E-state index in [9.17, 15) is 38.4 Å². The zero-order chi connectivity index (χ0) is 97.5. The van der Waals surface area contributed by atoms with Gasteiger partial charge < -0.3 is 52.1 Å². The smallest absolute Gasteiger partial charge is 0.306 e. The van der Waals surface area contributed by atoms with Gasteiger partial charge >= 0.3 is 47.8 Å². The van der Waals surface area contributed by atoms with Crippen molar-refractivity contribution >= 4 is 47.8 Å². The summed E-state index contributed by atoms with van der Waals surface area (Å²) in [6.07, 6.45) is 19.2. The maximum Gasteiger partial charge on any atom is 0.306 e. The predicted octanol–water partition coefficient (Wildman–Crippen LogP) is 25.0. The van der Waals surface area contributed by atoms with E-state index >= 15 is 0 Å². The quantitative estimate of drug-likeness (QED) is 0.0314. The number of carbonyl (C=O) groups excluding carboxylic acids is 8. The topological polar surface area (TPSA) is 238 Å². The van der Waals surface area contributed by atoms with E-state index in [0.717, 1.165) is 80.0 Å². The molecule has 2 saturated carbocycles. The van der Waals surface area contributed by atoms with Crippen molar-refractivity contribution in [2.24, 2.45) is 136 Å². The molecule has 4 rings (SSSR count). The van der Waals surface area contributed by atoms with Crippen LogP contribution in [-0.2, 0) is 90.5 Å². The van der Waals surface area contributed by atoms with Crippen LogP contribution >= 0.6 is 0 Å². The molecule has 11 unspecified atom stereocenters. The lowest BCUT2D eigenvalue weighted by Gasteiger charge is -2.33. The first-order chi connectivity index (χ1) is 58.2. The fraction of sp³-hybridized carbons (Fsp3) is 0.774. The van der Waals surface area contributed by atoms with Gasteiger partial charge in [-0.1, -0.05) is 295 Å². The Morgan fingerprint density at radius 2 is 0.536 bits per heavy atom. The van der Waals surface area contributed by atoms with Crippen molar-refractivity contribution in [1.82, 2.24) is 0 Å². The first-order valence-corrected chi connectivity index (χ1v) is 46.9. The molecule has 0 aromatic rings. The van der Waals surface area contributed by atoms with Crippen molar-refractivity contribution in [1.29, 1.82) is 0 Å². The standard InChI is InChI=1S/C15H26O2.C14H24O3.C14H24O2.C13H22O3.2C13H24O2.C12H22O3.C12H22O2/c1-11(2)12(3)14(10-15(16)17-4)13-8-6-5-7-9-13;1-10(2)11(3)13(9-14(15)16-4)12-5-7-17-8-6-12;1-10(2)11(3)13(9-14(15)16-4)12-7-5-6-8-12;1-9(2)10(3)12(7-13(14)15-4)11-5-6-16-8-11;1-9(2)10(3)11(13(4,5)6)8-12(14)15-7;1-7-10(4)12(8-13(14)15-6)11(5)9(2)3;1-8(2)9(3)11(10(4)14-5)7-12(13)15-6;1-8(2)10(5)11(9(3)4)7-12(13)14-6/h11,13-14H,3,5-10H2,1-2,4H3;10,12-13H,3,5-9H2,1-2,4H3;10,12-13H,3,5-9H2,1-2,4H3;9,11-12H,3,5-8H2,1-2,4H3;9,11H,3,8H2,1-2,4-7H3;9-10,12H,5,7-8H2,1-4,6H3;8,10-11H,3,7H2,1-2,4-6H3;8-9,11H,5,7H2,1-4,6H3. The highest BCUT2D eigenvalue weighted by atomic mass is 16.5. The van der Waals surface area contributed by atoms with Crippen molar-refractivity contribution in [3.05, 3.63) is 97.2 Å². The molecule has 2 saturated heterocycles. The van der Waals surface area contributed by atoms with Crippen LogP contribution in [0.15, 0.2) is 97.2 Å². The average Bonchev–Trinajstić information content (AvgIpc) is 1.66. The van der Waals surface area contributed by atoms with E-state index in [1.807, 2.05) is 6.92 Å². The van der Waals surface area contributed by atoms with Gasteiger partial charge in [0, 0.05) is 32.8 Å². The number of methoxy groups -OCH3 is 9. The van der Waals surface area contributed by atoms with E-state index in [2.05, 4.69) is 221 Å². The average molecular weight is 1770 g/mol. The van der Waals surface area contributed by atoms with Crippen LogP contribution in [0.1, 0.15) is 301 Å². The number of ether oxygens (including phenoxy) is 11. The summed E-state index contributed by atoms with van der Waals surface area (Å²) < 4.78 is 54.0. The molecule has 19 heteroatoms. The van der Waals surface area contributed by atoms with Gasteiger partial charge in [0.1, 0.15) is 0 Å².